The van der Waals surface area contributed by atoms with Crippen molar-refractivity contribution in [2.75, 3.05) is 19.4 Å². The van der Waals surface area contributed by atoms with Gasteiger partial charge in [-0.3, -0.25) is 4.57 Å². The fourth-order valence-corrected chi connectivity index (χ4v) is 5.10. The molecule has 1 aromatic heterocycles. The van der Waals surface area contributed by atoms with E-state index in [2.05, 4.69) is 10.3 Å². The maximum Gasteiger partial charge on any atom is 0.326 e. The van der Waals surface area contributed by atoms with Crippen LogP contribution < -0.4 is 14.8 Å². The molecule has 0 fully saturated rings. The molecule has 0 saturated heterocycles. The van der Waals surface area contributed by atoms with Gasteiger partial charge in [0.2, 0.25) is 0 Å². The van der Waals surface area contributed by atoms with Crippen LogP contribution in [0.4, 0.5) is 4.79 Å². The first-order chi connectivity index (χ1) is 18.4. The Labute approximate surface area is 222 Å². The first-order valence-corrected chi connectivity index (χ1v) is 14.4. The zero-order chi connectivity index (χ0) is 26.5. The number of aryl methyl sites for hydroxylation is 1. The zero-order valence-electron chi connectivity index (χ0n) is 21.0. The Bertz CT molecular complexity index is 1520. The van der Waals surface area contributed by atoms with Crippen LogP contribution in [0.15, 0.2) is 90.2 Å². The van der Waals surface area contributed by atoms with Crippen LogP contribution >= 0.6 is 0 Å². The molecule has 4 aromatic rings. The number of imidazole rings is 1. The van der Waals surface area contributed by atoms with Gasteiger partial charge in [-0.1, -0.05) is 24.3 Å². The van der Waals surface area contributed by atoms with Crippen molar-refractivity contribution in [1.82, 2.24) is 14.9 Å². The van der Waals surface area contributed by atoms with E-state index in [9.17, 15) is 13.2 Å². The Balaban J connectivity index is 1.13. The van der Waals surface area contributed by atoms with Gasteiger partial charge in [-0.25, -0.2) is 18.2 Å². The number of fused-ring (bicyclic) bond motifs is 1. The smallest absolute Gasteiger partial charge is 0.326 e. The van der Waals surface area contributed by atoms with Gasteiger partial charge < -0.3 is 14.8 Å². The number of carbonyl (C=O) groups is 1. The number of hydrogen-bond acceptors (Lipinski definition) is 6. The lowest BCUT2D eigenvalue weighted by atomic mass is 10.1. The summed E-state index contributed by atoms with van der Waals surface area (Å²) in [6, 6.07) is 22.1. The van der Waals surface area contributed by atoms with Gasteiger partial charge in [0.15, 0.2) is 9.84 Å². The number of rotatable bonds is 9. The van der Waals surface area contributed by atoms with E-state index in [-0.39, 0.29) is 12.1 Å². The van der Waals surface area contributed by atoms with E-state index in [0.29, 0.717) is 35.9 Å². The van der Waals surface area contributed by atoms with Crippen LogP contribution in [0.1, 0.15) is 30.1 Å². The Morgan fingerprint density at radius 3 is 2.61 bits per heavy atom. The highest BCUT2D eigenvalue weighted by Crippen LogP contribution is 2.36. The second-order valence-corrected chi connectivity index (χ2v) is 11.2. The van der Waals surface area contributed by atoms with Gasteiger partial charge >= 0.3 is 6.03 Å². The summed E-state index contributed by atoms with van der Waals surface area (Å²) in [7, 11) is -3.23. The van der Waals surface area contributed by atoms with Gasteiger partial charge in [0.1, 0.15) is 23.9 Å². The lowest BCUT2D eigenvalue weighted by molar-refractivity contribution is 0.207. The third-order valence-electron chi connectivity index (χ3n) is 6.42. The van der Waals surface area contributed by atoms with Crippen molar-refractivity contribution in [2.24, 2.45) is 0 Å². The Morgan fingerprint density at radius 1 is 1.05 bits per heavy atom. The molecule has 1 aliphatic rings. The summed E-state index contributed by atoms with van der Waals surface area (Å²) in [6.45, 7) is 1.01. The molecule has 196 valence electrons. The van der Waals surface area contributed by atoms with Crippen LogP contribution in [0.25, 0.3) is 11.3 Å². The van der Waals surface area contributed by atoms with Crippen molar-refractivity contribution in [3.05, 3.63) is 96.4 Å². The average molecular weight is 532 g/mol. The molecule has 0 radical (unpaired) electrons. The van der Waals surface area contributed by atoms with Crippen molar-refractivity contribution in [3.8, 4) is 22.8 Å². The lowest BCUT2D eigenvalue weighted by Gasteiger charge is -2.15. The zero-order valence-corrected chi connectivity index (χ0v) is 21.9. The Morgan fingerprint density at radius 2 is 1.84 bits per heavy atom. The molecule has 1 atom stereocenters. The first kappa shape index (κ1) is 25.5. The highest BCUT2D eigenvalue weighted by atomic mass is 32.2. The predicted molar refractivity (Wildman–Crippen MR) is 144 cm³/mol. The van der Waals surface area contributed by atoms with E-state index in [1.807, 2.05) is 60.7 Å². The number of nitrogens with zero attached hydrogens (tertiary/aromatic N) is 2. The quantitative estimate of drug-likeness (QED) is 0.304. The number of nitrogens with one attached hydrogen (secondary N) is 1. The molecular formula is C29H29N3O5S. The minimum Gasteiger partial charge on any atom is -0.494 e. The SMILES string of the molecule is CS(=O)(=O)c1ccc2c(c1)CC[C@@H]2Oc1ccc(-c2cn(C(=O)NCCCOc3ccccc3)cn2)cc1. The van der Waals surface area contributed by atoms with E-state index in [1.54, 1.807) is 18.3 Å². The molecule has 5 rings (SSSR count). The monoisotopic (exact) mass is 531 g/mol. The van der Waals surface area contributed by atoms with Crippen LogP contribution in [0.5, 0.6) is 11.5 Å². The minimum atomic E-state index is -3.23. The van der Waals surface area contributed by atoms with E-state index in [0.717, 1.165) is 35.3 Å². The van der Waals surface area contributed by atoms with Gasteiger partial charge in [0.25, 0.3) is 0 Å². The predicted octanol–water partition coefficient (Wildman–Crippen LogP) is 5.05. The van der Waals surface area contributed by atoms with Crippen LogP contribution in [-0.2, 0) is 16.3 Å². The molecule has 38 heavy (non-hydrogen) atoms. The van der Waals surface area contributed by atoms with Crippen LogP contribution in [0.3, 0.4) is 0 Å². The van der Waals surface area contributed by atoms with Crippen molar-refractivity contribution < 1.29 is 22.7 Å². The molecule has 0 unspecified atom stereocenters. The van der Waals surface area contributed by atoms with Gasteiger partial charge in [-0.15, -0.1) is 0 Å². The molecule has 0 bridgehead atoms. The average Bonchev–Trinajstić information content (AvgIpc) is 3.57. The van der Waals surface area contributed by atoms with Gasteiger partial charge in [0, 0.05) is 24.6 Å². The number of aromatic nitrogens is 2. The molecule has 8 nitrogen and oxygen atoms in total. The third-order valence-corrected chi connectivity index (χ3v) is 7.53. The number of sulfone groups is 1. The summed E-state index contributed by atoms with van der Waals surface area (Å²) in [6.07, 6.45) is 6.55. The summed E-state index contributed by atoms with van der Waals surface area (Å²) in [5.41, 5.74) is 3.59. The number of carbonyl (C=O) groups excluding carboxylic acids is 1. The summed E-state index contributed by atoms with van der Waals surface area (Å²) < 4.78 is 37.0. The van der Waals surface area contributed by atoms with Crippen LogP contribution in [0, 0.1) is 0 Å². The van der Waals surface area contributed by atoms with E-state index >= 15 is 0 Å². The standard InChI is InChI=1S/C29H29N3O5S/c1-38(34,35)25-13-14-26-22(18-25)10-15-28(26)37-24-11-8-21(9-12-24)27-19-32(20-31-27)29(33)30-16-5-17-36-23-6-3-2-4-7-23/h2-4,6-9,11-14,18-20,28H,5,10,15-17H2,1H3,(H,30,33)/t28-/m0/s1. The largest absolute Gasteiger partial charge is 0.494 e. The van der Waals surface area contributed by atoms with E-state index < -0.39 is 9.84 Å². The Hall–Kier alpha value is -4.11. The molecule has 9 heteroatoms. The maximum absolute atomic E-state index is 12.5. The summed E-state index contributed by atoms with van der Waals surface area (Å²) in [5.74, 6) is 1.53. The lowest BCUT2D eigenvalue weighted by Crippen LogP contribution is -2.29. The third kappa shape index (κ3) is 6.06. The first-order valence-electron chi connectivity index (χ1n) is 12.5. The molecule has 1 heterocycles. The normalized spacial score (nSPS) is 14.6. The number of para-hydroxylation sites is 1. The number of benzene rings is 3. The highest BCUT2D eigenvalue weighted by Gasteiger charge is 2.25. The fraction of sp³-hybridized carbons (Fsp3) is 0.241. The van der Waals surface area contributed by atoms with E-state index in [4.69, 9.17) is 9.47 Å². The molecule has 1 amide bonds. The number of hydrogen-bond donors (Lipinski definition) is 1. The number of ether oxygens (including phenoxy) is 2. The second kappa shape index (κ2) is 11.1. The fourth-order valence-electron chi connectivity index (χ4n) is 4.42. The van der Waals surface area contributed by atoms with E-state index in [1.165, 1.54) is 17.2 Å². The topological polar surface area (TPSA) is 99.5 Å². The summed E-state index contributed by atoms with van der Waals surface area (Å²) >= 11 is 0. The van der Waals surface area contributed by atoms with Gasteiger partial charge in [-0.05, 0) is 78.9 Å². The molecule has 0 saturated carbocycles. The summed E-state index contributed by atoms with van der Waals surface area (Å²) in [4.78, 5) is 17.2. The van der Waals surface area contributed by atoms with Gasteiger partial charge in [-0.2, -0.15) is 0 Å². The minimum absolute atomic E-state index is 0.120. The van der Waals surface area contributed by atoms with Crippen molar-refractivity contribution in [1.29, 1.82) is 0 Å². The Kier molecular flexibility index (Phi) is 7.46. The van der Waals surface area contributed by atoms with Gasteiger partial charge in [0.05, 0.1) is 17.2 Å². The molecule has 1 aliphatic carbocycles. The molecule has 1 N–H and O–H groups in total. The van der Waals surface area contributed by atoms with Crippen LogP contribution in [-0.4, -0.2) is 43.4 Å². The molecule has 3 aromatic carbocycles. The van der Waals surface area contributed by atoms with Crippen molar-refractivity contribution >= 4 is 15.9 Å². The van der Waals surface area contributed by atoms with Crippen LogP contribution in [0.2, 0.25) is 0 Å². The molecule has 0 spiro atoms. The van der Waals surface area contributed by atoms with Crippen molar-refractivity contribution in [3.63, 3.8) is 0 Å². The number of amides is 1. The summed E-state index contributed by atoms with van der Waals surface area (Å²) in [5, 5.41) is 2.87. The maximum atomic E-state index is 12.5. The highest BCUT2D eigenvalue weighted by molar-refractivity contribution is 7.90. The second-order valence-electron chi connectivity index (χ2n) is 9.22. The molecule has 0 aliphatic heterocycles. The molecular weight excluding hydrogens is 502 g/mol. The van der Waals surface area contributed by atoms with Crippen molar-refractivity contribution in [2.45, 2.75) is 30.3 Å².